The van der Waals surface area contributed by atoms with Gasteiger partial charge in [-0.05, 0) is 18.2 Å². The molecule has 0 bridgehead atoms. The fraction of sp³-hybridized carbons (Fsp3) is 0.0833. The number of benzene rings is 1. The third kappa shape index (κ3) is 2.58. The van der Waals surface area contributed by atoms with Crippen LogP contribution in [0.4, 0.5) is 0 Å². The lowest BCUT2D eigenvalue weighted by molar-refractivity contribution is 0.485. The molecule has 15 heavy (non-hydrogen) atoms. The van der Waals surface area contributed by atoms with Crippen LogP contribution < -0.4 is 4.74 Å². The molecule has 0 fully saturated rings. The van der Waals surface area contributed by atoms with Gasteiger partial charge in [-0.15, -0.1) is 11.3 Å². The van der Waals surface area contributed by atoms with Gasteiger partial charge in [0.2, 0.25) is 0 Å². The highest BCUT2D eigenvalue weighted by Crippen LogP contribution is 2.26. The molecule has 1 heterocycles. The zero-order valence-electron chi connectivity index (χ0n) is 8.01. The Hall–Kier alpha value is -1.79. The SMILES string of the molecule is N#CCc1cc(Oc2ccccc2)cs1. The smallest absolute Gasteiger partial charge is 0.138 e. The van der Waals surface area contributed by atoms with Crippen molar-refractivity contribution in [3.63, 3.8) is 0 Å². The summed E-state index contributed by atoms with van der Waals surface area (Å²) in [6.45, 7) is 0. The molecule has 3 heteroatoms. The zero-order valence-corrected chi connectivity index (χ0v) is 8.83. The molecule has 74 valence electrons. The Morgan fingerprint density at radius 3 is 2.73 bits per heavy atom. The van der Waals surface area contributed by atoms with Crippen LogP contribution in [0.5, 0.6) is 11.5 Å². The van der Waals surface area contributed by atoms with E-state index in [0.717, 1.165) is 16.4 Å². The van der Waals surface area contributed by atoms with Crippen molar-refractivity contribution in [2.24, 2.45) is 0 Å². The van der Waals surface area contributed by atoms with Crippen LogP contribution in [0.15, 0.2) is 41.8 Å². The van der Waals surface area contributed by atoms with E-state index in [1.54, 1.807) is 11.3 Å². The minimum atomic E-state index is 0.447. The number of rotatable bonds is 3. The van der Waals surface area contributed by atoms with Crippen molar-refractivity contribution < 1.29 is 4.74 Å². The quantitative estimate of drug-likeness (QED) is 0.783. The van der Waals surface area contributed by atoms with E-state index in [1.165, 1.54) is 0 Å². The number of nitrogens with zero attached hydrogens (tertiary/aromatic N) is 1. The molecule has 0 amide bonds. The minimum absolute atomic E-state index is 0.447. The maximum Gasteiger partial charge on any atom is 0.138 e. The third-order valence-electron chi connectivity index (χ3n) is 1.86. The first-order valence-electron chi connectivity index (χ1n) is 4.56. The van der Waals surface area contributed by atoms with Gasteiger partial charge < -0.3 is 4.74 Å². The Labute approximate surface area is 92.4 Å². The summed E-state index contributed by atoms with van der Waals surface area (Å²) in [7, 11) is 0. The second-order valence-electron chi connectivity index (χ2n) is 3.00. The van der Waals surface area contributed by atoms with E-state index in [9.17, 15) is 0 Å². The van der Waals surface area contributed by atoms with Crippen LogP contribution in [0.1, 0.15) is 4.88 Å². The van der Waals surface area contributed by atoms with Crippen molar-refractivity contribution in [2.75, 3.05) is 0 Å². The molecular weight excluding hydrogens is 206 g/mol. The zero-order chi connectivity index (χ0) is 10.5. The second-order valence-corrected chi connectivity index (χ2v) is 3.99. The molecule has 0 aliphatic heterocycles. The third-order valence-corrected chi connectivity index (χ3v) is 2.78. The predicted molar refractivity (Wildman–Crippen MR) is 60.2 cm³/mol. The van der Waals surface area contributed by atoms with Crippen LogP contribution in [-0.4, -0.2) is 0 Å². The van der Waals surface area contributed by atoms with E-state index < -0.39 is 0 Å². The Balaban J connectivity index is 2.09. The molecule has 0 spiro atoms. The minimum Gasteiger partial charge on any atom is -0.456 e. The molecule has 0 N–H and O–H groups in total. The van der Waals surface area contributed by atoms with Crippen molar-refractivity contribution >= 4 is 11.3 Å². The average Bonchev–Trinajstić information content (AvgIpc) is 2.68. The molecule has 0 saturated carbocycles. The highest BCUT2D eigenvalue weighted by Gasteiger charge is 2.01. The Morgan fingerprint density at radius 2 is 2.00 bits per heavy atom. The maximum absolute atomic E-state index is 8.53. The van der Waals surface area contributed by atoms with E-state index in [2.05, 4.69) is 6.07 Å². The molecule has 2 rings (SSSR count). The summed E-state index contributed by atoms with van der Waals surface area (Å²) >= 11 is 1.55. The molecule has 1 aromatic heterocycles. The number of ether oxygens (including phenoxy) is 1. The largest absolute Gasteiger partial charge is 0.456 e. The van der Waals surface area contributed by atoms with Crippen molar-refractivity contribution in [2.45, 2.75) is 6.42 Å². The molecular formula is C12H9NOS. The summed E-state index contributed by atoms with van der Waals surface area (Å²) in [5, 5.41) is 10.5. The molecule has 2 nitrogen and oxygen atoms in total. The molecule has 0 radical (unpaired) electrons. The summed E-state index contributed by atoms with van der Waals surface area (Å²) in [5.74, 6) is 1.62. The number of thiophene rings is 1. The van der Waals surface area contributed by atoms with Crippen LogP contribution >= 0.6 is 11.3 Å². The first-order valence-corrected chi connectivity index (χ1v) is 5.44. The first-order chi connectivity index (χ1) is 7.38. The van der Waals surface area contributed by atoms with E-state index in [-0.39, 0.29) is 0 Å². The number of hydrogen-bond donors (Lipinski definition) is 0. The Kier molecular flexibility index (Phi) is 3.01. The summed E-state index contributed by atoms with van der Waals surface area (Å²) < 4.78 is 5.61. The van der Waals surface area contributed by atoms with Crippen LogP contribution in [0.3, 0.4) is 0 Å². The van der Waals surface area contributed by atoms with E-state index in [1.807, 2.05) is 41.8 Å². The lowest BCUT2D eigenvalue weighted by Crippen LogP contribution is -1.80. The highest BCUT2D eigenvalue weighted by atomic mass is 32.1. The summed E-state index contributed by atoms with van der Waals surface area (Å²) in [6.07, 6.45) is 0.447. The average molecular weight is 215 g/mol. The van der Waals surface area contributed by atoms with Gasteiger partial charge in [-0.3, -0.25) is 0 Å². The normalized spacial score (nSPS) is 9.53. The van der Waals surface area contributed by atoms with Gasteiger partial charge in [-0.25, -0.2) is 0 Å². The molecule has 0 saturated heterocycles. The summed E-state index contributed by atoms with van der Waals surface area (Å²) in [6, 6.07) is 13.6. The summed E-state index contributed by atoms with van der Waals surface area (Å²) in [4.78, 5) is 1.03. The molecule has 0 aliphatic rings. The van der Waals surface area contributed by atoms with Crippen LogP contribution in [-0.2, 0) is 6.42 Å². The van der Waals surface area contributed by atoms with Crippen LogP contribution in [0, 0.1) is 11.3 Å². The van der Waals surface area contributed by atoms with Gasteiger partial charge in [0.15, 0.2) is 0 Å². The Bertz CT molecular complexity index is 470. The molecule has 2 aromatic rings. The van der Waals surface area contributed by atoms with Gasteiger partial charge in [0, 0.05) is 10.3 Å². The van der Waals surface area contributed by atoms with Gasteiger partial charge in [0.1, 0.15) is 11.5 Å². The fourth-order valence-electron chi connectivity index (χ4n) is 1.21. The monoisotopic (exact) mass is 215 g/mol. The molecule has 0 unspecified atom stereocenters. The number of nitriles is 1. The number of hydrogen-bond acceptors (Lipinski definition) is 3. The van der Waals surface area contributed by atoms with Crippen molar-refractivity contribution in [1.82, 2.24) is 0 Å². The topological polar surface area (TPSA) is 33.0 Å². The predicted octanol–water partition coefficient (Wildman–Crippen LogP) is 3.61. The van der Waals surface area contributed by atoms with Crippen LogP contribution in [0.25, 0.3) is 0 Å². The lowest BCUT2D eigenvalue weighted by atomic mass is 10.3. The van der Waals surface area contributed by atoms with Gasteiger partial charge >= 0.3 is 0 Å². The second kappa shape index (κ2) is 4.63. The van der Waals surface area contributed by atoms with Crippen molar-refractivity contribution in [3.8, 4) is 17.6 Å². The molecule has 0 atom stereocenters. The van der Waals surface area contributed by atoms with Crippen molar-refractivity contribution in [3.05, 3.63) is 46.7 Å². The standard InChI is InChI=1S/C12H9NOS/c13-7-6-12-8-11(9-15-12)14-10-4-2-1-3-5-10/h1-5,8-9H,6H2. The highest BCUT2D eigenvalue weighted by molar-refractivity contribution is 7.10. The summed E-state index contributed by atoms with van der Waals surface area (Å²) in [5.41, 5.74) is 0. The van der Waals surface area contributed by atoms with E-state index >= 15 is 0 Å². The molecule has 1 aromatic carbocycles. The lowest BCUT2D eigenvalue weighted by Gasteiger charge is -2.00. The van der Waals surface area contributed by atoms with E-state index in [4.69, 9.17) is 10.00 Å². The van der Waals surface area contributed by atoms with Gasteiger partial charge in [-0.2, -0.15) is 5.26 Å². The van der Waals surface area contributed by atoms with Gasteiger partial charge in [0.25, 0.3) is 0 Å². The maximum atomic E-state index is 8.53. The van der Waals surface area contributed by atoms with Crippen molar-refractivity contribution in [1.29, 1.82) is 5.26 Å². The number of para-hydroxylation sites is 1. The Morgan fingerprint density at radius 1 is 1.20 bits per heavy atom. The first kappa shape index (κ1) is 9.75. The van der Waals surface area contributed by atoms with Gasteiger partial charge in [-0.1, -0.05) is 18.2 Å². The fourth-order valence-corrected chi connectivity index (χ4v) is 1.92. The molecule has 0 aliphatic carbocycles. The van der Waals surface area contributed by atoms with Crippen LogP contribution in [0.2, 0.25) is 0 Å². The van der Waals surface area contributed by atoms with Gasteiger partial charge in [0.05, 0.1) is 12.5 Å². The van der Waals surface area contributed by atoms with E-state index in [0.29, 0.717) is 6.42 Å².